The summed E-state index contributed by atoms with van der Waals surface area (Å²) in [6, 6.07) is 2.38. The Morgan fingerprint density at radius 1 is 1.39 bits per heavy atom. The van der Waals surface area contributed by atoms with E-state index in [2.05, 4.69) is 15.9 Å². The highest BCUT2D eigenvalue weighted by Gasteiger charge is 2.46. The van der Waals surface area contributed by atoms with E-state index in [4.69, 9.17) is 0 Å². The Morgan fingerprint density at radius 3 is 2.67 bits per heavy atom. The molecule has 0 bridgehead atoms. The molecule has 4 nitrogen and oxygen atoms in total. The maximum atomic E-state index is 13.9. The van der Waals surface area contributed by atoms with E-state index in [-0.39, 0.29) is 21.5 Å². The number of aliphatic hydroxyl groups is 1. The average Bonchev–Trinajstić information content (AvgIpc) is 2.56. The first kappa shape index (κ1) is 12.5. The Morgan fingerprint density at radius 2 is 2.11 bits per heavy atom. The van der Waals surface area contributed by atoms with Crippen LogP contribution >= 0.6 is 15.9 Å². The van der Waals surface area contributed by atoms with Gasteiger partial charge in [0.2, 0.25) is 10.0 Å². The van der Waals surface area contributed by atoms with Crippen molar-refractivity contribution in [1.82, 2.24) is 4.31 Å². The SMILES string of the molecule is O=S1(=O)c2ccc(Br)c(F)c2CN1C1CCC1O. The average molecular weight is 336 g/mol. The van der Waals surface area contributed by atoms with Crippen LogP contribution in [0.1, 0.15) is 18.4 Å². The summed E-state index contributed by atoms with van der Waals surface area (Å²) in [6.45, 7) is 0.00463. The topological polar surface area (TPSA) is 57.6 Å². The summed E-state index contributed by atoms with van der Waals surface area (Å²) in [5.41, 5.74) is 0.184. The molecule has 0 spiro atoms. The van der Waals surface area contributed by atoms with Gasteiger partial charge in [0.15, 0.2) is 0 Å². The van der Waals surface area contributed by atoms with Crippen LogP contribution in [-0.4, -0.2) is 30.0 Å². The van der Waals surface area contributed by atoms with Crippen LogP contribution in [0.5, 0.6) is 0 Å². The summed E-state index contributed by atoms with van der Waals surface area (Å²) in [6.07, 6.45) is 0.580. The maximum absolute atomic E-state index is 13.9. The number of nitrogens with zero attached hydrogens (tertiary/aromatic N) is 1. The van der Waals surface area contributed by atoms with Gasteiger partial charge in [-0.3, -0.25) is 0 Å². The molecule has 1 heterocycles. The van der Waals surface area contributed by atoms with E-state index in [9.17, 15) is 17.9 Å². The first-order chi connectivity index (χ1) is 8.43. The van der Waals surface area contributed by atoms with Gasteiger partial charge in [-0.05, 0) is 40.9 Å². The minimum absolute atomic E-state index is 0.00463. The predicted octanol–water partition coefficient (Wildman–Crippen LogP) is 1.62. The molecule has 1 aliphatic heterocycles. The van der Waals surface area contributed by atoms with Gasteiger partial charge in [0.05, 0.1) is 21.5 Å². The normalized spacial score (nSPS) is 29.9. The molecule has 18 heavy (non-hydrogen) atoms. The third-order valence-corrected chi connectivity index (χ3v) is 6.19. The second-order valence-corrected chi connectivity index (χ2v) is 7.31. The molecule has 0 radical (unpaired) electrons. The fourth-order valence-electron chi connectivity index (χ4n) is 2.43. The Balaban J connectivity index is 2.09. The maximum Gasteiger partial charge on any atom is 0.244 e. The van der Waals surface area contributed by atoms with Crippen molar-refractivity contribution in [2.75, 3.05) is 0 Å². The highest BCUT2D eigenvalue weighted by molar-refractivity contribution is 9.10. The molecule has 1 aliphatic carbocycles. The molecule has 98 valence electrons. The lowest BCUT2D eigenvalue weighted by Crippen LogP contribution is -2.50. The second kappa shape index (κ2) is 4.00. The van der Waals surface area contributed by atoms with Crippen molar-refractivity contribution in [3.8, 4) is 0 Å². The lowest BCUT2D eigenvalue weighted by molar-refractivity contribution is 0.0125. The molecule has 2 atom stereocenters. The van der Waals surface area contributed by atoms with Crippen molar-refractivity contribution in [2.24, 2.45) is 0 Å². The van der Waals surface area contributed by atoms with Crippen molar-refractivity contribution in [3.05, 3.63) is 28.0 Å². The summed E-state index contributed by atoms with van der Waals surface area (Å²) in [4.78, 5) is 0.0160. The van der Waals surface area contributed by atoms with Crippen molar-refractivity contribution < 1.29 is 17.9 Å². The molecule has 3 rings (SSSR count). The summed E-state index contributed by atoms with van der Waals surface area (Å²) >= 11 is 3.05. The minimum atomic E-state index is -3.67. The van der Waals surface area contributed by atoms with E-state index in [0.717, 1.165) is 0 Å². The van der Waals surface area contributed by atoms with Crippen LogP contribution in [-0.2, 0) is 16.6 Å². The summed E-state index contributed by atoms with van der Waals surface area (Å²) in [5, 5.41) is 9.59. The van der Waals surface area contributed by atoms with Crippen LogP contribution in [0.25, 0.3) is 0 Å². The number of fused-ring (bicyclic) bond motifs is 1. The molecule has 2 aliphatic rings. The van der Waals surface area contributed by atoms with Gasteiger partial charge >= 0.3 is 0 Å². The van der Waals surface area contributed by atoms with Gasteiger partial charge in [-0.1, -0.05) is 0 Å². The lowest BCUT2D eigenvalue weighted by atomic mass is 9.89. The number of rotatable bonds is 1. The molecule has 7 heteroatoms. The lowest BCUT2D eigenvalue weighted by Gasteiger charge is -2.38. The van der Waals surface area contributed by atoms with E-state index in [0.29, 0.717) is 12.8 Å². The van der Waals surface area contributed by atoms with E-state index in [1.54, 1.807) is 0 Å². The molecule has 0 amide bonds. The highest BCUT2D eigenvalue weighted by atomic mass is 79.9. The molecule has 1 aromatic carbocycles. The zero-order valence-electron chi connectivity index (χ0n) is 9.31. The van der Waals surface area contributed by atoms with E-state index >= 15 is 0 Å². The molecule has 1 saturated carbocycles. The zero-order chi connectivity index (χ0) is 13.1. The number of hydrogen-bond donors (Lipinski definition) is 1. The third-order valence-electron chi connectivity index (χ3n) is 3.63. The summed E-state index contributed by atoms with van der Waals surface area (Å²) in [5.74, 6) is -0.535. The van der Waals surface area contributed by atoms with Gasteiger partial charge in [-0.15, -0.1) is 0 Å². The fraction of sp³-hybridized carbons (Fsp3) is 0.455. The van der Waals surface area contributed by atoms with Gasteiger partial charge in [0.1, 0.15) is 5.82 Å². The van der Waals surface area contributed by atoms with Crippen LogP contribution in [0, 0.1) is 5.82 Å². The molecular weight excluding hydrogens is 325 g/mol. The van der Waals surface area contributed by atoms with E-state index in [1.807, 2.05) is 0 Å². The van der Waals surface area contributed by atoms with Crippen molar-refractivity contribution in [1.29, 1.82) is 0 Å². The largest absolute Gasteiger partial charge is 0.391 e. The van der Waals surface area contributed by atoms with Gasteiger partial charge in [0.25, 0.3) is 0 Å². The number of benzene rings is 1. The number of aliphatic hydroxyl groups excluding tert-OH is 1. The molecule has 0 saturated heterocycles. The Labute approximate surface area is 113 Å². The summed E-state index contributed by atoms with van der Waals surface area (Å²) in [7, 11) is -3.67. The number of hydrogen-bond acceptors (Lipinski definition) is 3. The zero-order valence-corrected chi connectivity index (χ0v) is 11.7. The molecule has 2 unspecified atom stereocenters. The third kappa shape index (κ3) is 1.57. The molecule has 0 aromatic heterocycles. The van der Waals surface area contributed by atoms with Gasteiger partial charge in [-0.25, -0.2) is 12.8 Å². The molecular formula is C11H11BrFNO3S. The molecule has 1 aromatic rings. The van der Waals surface area contributed by atoms with Crippen molar-refractivity contribution in [2.45, 2.75) is 36.4 Å². The second-order valence-electron chi connectivity index (χ2n) is 4.60. The Hall–Kier alpha value is -0.500. The number of sulfonamides is 1. The Kier molecular flexibility index (Phi) is 2.78. The van der Waals surface area contributed by atoms with Crippen LogP contribution in [0.2, 0.25) is 0 Å². The first-order valence-corrected chi connectivity index (χ1v) is 7.83. The van der Waals surface area contributed by atoms with Crippen LogP contribution in [0.3, 0.4) is 0 Å². The predicted molar refractivity (Wildman–Crippen MR) is 65.9 cm³/mol. The smallest absolute Gasteiger partial charge is 0.244 e. The highest BCUT2D eigenvalue weighted by Crippen LogP contribution is 2.40. The Bertz CT molecular complexity index is 619. The summed E-state index contributed by atoms with van der Waals surface area (Å²) < 4.78 is 39.9. The van der Waals surface area contributed by atoms with Crippen LogP contribution < -0.4 is 0 Å². The monoisotopic (exact) mass is 335 g/mol. The standard InChI is InChI=1S/C11H11BrFNO3S/c12-7-1-4-10-6(11(7)13)5-14(18(10,16)17)8-2-3-9(8)15/h1,4,8-9,15H,2-3,5H2. The van der Waals surface area contributed by atoms with Crippen LogP contribution in [0.15, 0.2) is 21.5 Å². The molecule has 1 fully saturated rings. The van der Waals surface area contributed by atoms with E-state index in [1.165, 1.54) is 16.4 Å². The van der Waals surface area contributed by atoms with Gasteiger partial charge < -0.3 is 5.11 Å². The quantitative estimate of drug-likeness (QED) is 0.848. The number of halogens is 2. The first-order valence-electron chi connectivity index (χ1n) is 5.59. The van der Waals surface area contributed by atoms with Crippen LogP contribution in [0.4, 0.5) is 4.39 Å². The van der Waals surface area contributed by atoms with Crippen molar-refractivity contribution >= 4 is 26.0 Å². The fourth-order valence-corrected chi connectivity index (χ4v) is 4.66. The van der Waals surface area contributed by atoms with Gasteiger partial charge in [0, 0.05) is 12.1 Å². The van der Waals surface area contributed by atoms with Crippen molar-refractivity contribution in [3.63, 3.8) is 0 Å². The van der Waals surface area contributed by atoms with E-state index < -0.39 is 28.0 Å². The van der Waals surface area contributed by atoms with Gasteiger partial charge in [-0.2, -0.15) is 4.31 Å². The minimum Gasteiger partial charge on any atom is -0.391 e. The molecule has 1 N–H and O–H groups in total.